The first-order valence-corrected chi connectivity index (χ1v) is 7.09. The number of hydrogen-bond acceptors (Lipinski definition) is 3. The molecule has 0 saturated carbocycles. The maximum Gasteiger partial charge on any atom is 0.0487 e. The van der Waals surface area contributed by atoms with E-state index >= 15 is 0 Å². The maximum absolute atomic E-state index is 5.67. The first-order valence-electron chi connectivity index (χ1n) is 5.86. The molecule has 1 unspecified atom stereocenters. The molecule has 0 fully saturated rings. The first kappa shape index (κ1) is 13.6. The van der Waals surface area contributed by atoms with E-state index in [1.54, 1.807) is 11.8 Å². The SMILES string of the molecule is CCC(CC)C(NN)c1ccc(SC)cc1. The van der Waals surface area contributed by atoms with Crippen LogP contribution in [0, 0.1) is 5.92 Å². The van der Waals surface area contributed by atoms with Crippen LogP contribution in [0.5, 0.6) is 0 Å². The average Bonchev–Trinajstić information content (AvgIpc) is 2.36. The van der Waals surface area contributed by atoms with Crippen molar-refractivity contribution in [3.63, 3.8) is 0 Å². The van der Waals surface area contributed by atoms with Crippen LogP contribution in [0.2, 0.25) is 0 Å². The summed E-state index contributed by atoms with van der Waals surface area (Å²) in [5.41, 5.74) is 4.24. The molecule has 0 heterocycles. The molecule has 0 aliphatic carbocycles. The summed E-state index contributed by atoms with van der Waals surface area (Å²) in [5, 5.41) is 0. The standard InChI is InChI=1S/C13H22N2S/c1-4-10(5-2)13(15-14)11-6-8-12(16-3)9-7-11/h6-10,13,15H,4-5,14H2,1-3H3. The number of hydrazine groups is 1. The molecule has 0 aliphatic rings. The molecular formula is C13H22N2S. The van der Waals surface area contributed by atoms with Crippen molar-refractivity contribution in [2.45, 2.75) is 37.6 Å². The van der Waals surface area contributed by atoms with Crippen LogP contribution in [0.1, 0.15) is 38.3 Å². The Morgan fingerprint density at radius 3 is 2.12 bits per heavy atom. The van der Waals surface area contributed by atoms with E-state index in [1.807, 2.05) is 0 Å². The lowest BCUT2D eigenvalue weighted by Crippen LogP contribution is -2.33. The molecule has 1 atom stereocenters. The van der Waals surface area contributed by atoms with Gasteiger partial charge in [-0.05, 0) is 29.9 Å². The van der Waals surface area contributed by atoms with Gasteiger partial charge in [0.1, 0.15) is 0 Å². The molecule has 3 heteroatoms. The first-order chi connectivity index (χ1) is 7.76. The van der Waals surface area contributed by atoms with Crippen LogP contribution >= 0.6 is 11.8 Å². The Morgan fingerprint density at radius 1 is 1.19 bits per heavy atom. The minimum atomic E-state index is 0.269. The summed E-state index contributed by atoms with van der Waals surface area (Å²) in [7, 11) is 0. The molecule has 3 N–H and O–H groups in total. The van der Waals surface area contributed by atoms with Gasteiger partial charge in [-0.1, -0.05) is 38.8 Å². The van der Waals surface area contributed by atoms with Gasteiger partial charge in [0.2, 0.25) is 0 Å². The van der Waals surface area contributed by atoms with E-state index < -0.39 is 0 Å². The lowest BCUT2D eigenvalue weighted by molar-refractivity contribution is 0.345. The van der Waals surface area contributed by atoms with E-state index in [9.17, 15) is 0 Å². The number of hydrogen-bond donors (Lipinski definition) is 2. The highest BCUT2D eigenvalue weighted by Crippen LogP contribution is 2.27. The molecule has 0 bridgehead atoms. The van der Waals surface area contributed by atoms with Gasteiger partial charge in [-0.3, -0.25) is 11.3 Å². The van der Waals surface area contributed by atoms with Crippen molar-refractivity contribution in [3.8, 4) is 0 Å². The summed E-state index contributed by atoms with van der Waals surface area (Å²) in [6, 6.07) is 8.94. The van der Waals surface area contributed by atoms with Gasteiger partial charge < -0.3 is 0 Å². The van der Waals surface area contributed by atoms with Crippen LogP contribution in [0.25, 0.3) is 0 Å². The largest absolute Gasteiger partial charge is 0.271 e. The minimum Gasteiger partial charge on any atom is -0.271 e. The van der Waals surface area contributed by atoms with Crippen LogP contribution in [0.15, 0.2) is 29.2 Å². The Balaban J connectivity index is 2.85. The summed E-state index contributed by atoms with van der Waals surface area (Å²) >= 11 is 1.77. The molecule has 16 heavy (non-hydrogen) atoms. The van der Waals surface area contributed by atoms with Crippen LogP contribution in [0.4, 0.5) is 0 Å². The van der Waals surface area contributed by atoms with E-state index in [0.29, 0.717) is 5.92 Å². The van der Waals surface area contributed by atoms with Crippen molar-refractivity contribution in [2.75, 3.05) is 6.26 Å². The minimum absolute atomic E-state index is 0.269. The van der Waals surface area contributed by atoms with Crippen LogP contribution in [-0.4, -0.2) is 6.26 Å². The zero-order chi connectivity index (χ0) is 12.0. The van der Waals surface area contributed by atoms with Crippen molar-refractivity contribution >= 4 is 11.8 Å². The van der Waals surface area contributed by atoms with Crippen LogP contribution in [-0.2, 0) is 0 Å². The van der Waals surface area contributed by atoms with Crippen molar-refractivity contribution in [1.82, 2.24) is 5.43 Å². The molecule has 1 aromatic carbocycles. The molecule has 2 nitrogen and oxygen atoms in total. The zero-order valence-corrected chi connectivity index (χ0v) is 11.2. The molecular weight excluding hydrogens is 216 g/mol. The number of nitrogens with one attached hydrogen (secondary N) is 1. The van der Waals surface area contributed by atoms with Gasteiger partial charge in [0.25, 0.3) is 0 Å². The zero-order valence-electron chi connectivity index (χ0n) is 10.4. The van der Waals surface area contributed by atoms with E-state index in [0.717, 1.165) is 12.8 Å². The topological polar surface area (TPSA) is 38.0 Å². The van der Waals surface area contributed by atoms with Crippen LogP contribution < -0.4 is 11.3 Å². The van der Waals surface area contributed by atoms with Gasteiger partial charge in [0, 0.05) is 10.9 Å². The number of rotatable bonds is 6. The monoisotopic (exact) mass is 238 g/mol. The summed E-state index contributed by atoms with van der Waals surface area (Å²) < 4.78 is 0. The molecule has 1 rings (SSSR count). The fourth-order valence-corrected chi connectivity index (χ4v) is 2.48. The van der Waals surface area contributed by atoms with Gasteiger partial charge in [-0.2, -0.15) is 0 Å². The maximum atomic E-state index is 5.67. The normalized spacial score (nSPS) is 13.1. The molecule has 0 radical (unpaired) electrons. The van der Waals surface area contributed by atoms with Crippen molar-refractivity contribution in [2.24, 2.45) is 11.8 Å². The fourth-order valence-electron chi connectivity index (χ4n) is 2.08. The number of thioether (sulfide) groups is 1. The van der Waals surface area contributed by atoms with E-state index in [2.05, 4.69) is 49.8 Å². The van der Waals surface area contributed by atoms with E-state index in [-0.39, 0.29) is 6.04 Å². The smallest absolute Gasteiger partial charge is 0.0487 e. The van der Waals surface area contributed by atoms with Gasteiger partial charge in [-0.15, -0.1) is 11.8 Å². The molecule has 0 amide bonds. The summed E-state index contributed by atoms with van der Waals surface area (Å²) in [6.07, 6.45) is 4.39. The Bertz CT molecular complexity index is 293. The summed E-state index contributed by atoms with van der Waals surface area (Å²) in [5.74, 6) is 6.27. The molecule has 1 aromatic rings. The van der Waals surface area contributed by atoms with Gasteiger partial charge in [-0.25, -0.2) is 0 Å². The highest BCUT2D eigenvalue weighted by Gasteiger charge is 2.18. The Hall–Kier alpha value is -0.510. The second-order valence-electron chi connectivity index (χ2n) is 3.99. The second kappa shape index (κ2) is 6.94. The second-order valence-corrected chi connectivity index (χ2v) is 4.87. The van der Waals surface area contributed by atoms with Gasteiger partial charge in [0.05, 0.1) is 0 Å². The predicted molar refractivity (Wildman–Crippen MR) is 72.4 cm³/mol. The van der Waals surface area contributed by atoms with Gasteiger partial charge >= 0.3 is 0 Å². The van der Waals surface area contributed by atoms with E-state index in [1.165, 1.54) is 10.5 Å². The molecule has 0 spiro atoms. The molecule has 0 aliphatic heterocycles. The Kier molecular flexibility index (Phi) is 5.88. The Labute approximate surface area is 103 Å². The van der Waals surface area contributed by atoms with Crippen LogP contribution in [0.3, 0.4) is 0 Å². The molecule has 0 saturated heterocycles. The lowest BCUT2D eigenvalue weighted by Gasteiger charge is -2.25. The number of benzene rings is 1. The molecule has 0 aromatic heterocycles. The van der Waals surface area contributed by atoms with E-state index in [4.69, 9.17) is 5.84 Å². The lowest BCUT2D eigenvalue weighted by atomic mass is 9.89. The van der Waals surface area contributed by atoms with Crippen molar-refractivity contribution < 1.29 is 0 Å². The summed E-state index contributed by atoms with van der Waals surface area (Å²) in [4.78, 5) is 1.30. The third kappa shape index (κ3) is 3.24. The van der Waals surface area contributed by atoms with Crippen molar-refractivity contribution in [1.29, 1.82) is 0 Å². The van der Waals surface area contributed by atoms with Gasteiger partial charge in [0.15, 0.2) is 0 Å². The third-order valence-electron chi connectivity index (χ3n) is 3.17. The fraction of sp³-hybridized carbons (Fsp3) is 0.538. The quantitative estimate of drug-likeness (QED) is 0.453. The molecule has 90 valence electrons. The highest BCUT2D eigenvalue weighted by molar-refractivity contribution is 7.98. The number of nitrogens with two attached hydrogens (primary N) is 1. The Morgan fingerprint density at radius 2 is 1.75 bits per heavy atom. The summed E-state index contributed by atoms with van der Waals surface area (Å²) in [6.45, 7) is 4.43. The van der Waals surface area contributed by atoms with Crippen molar-refractivity contribution in [3.05, 3.63) is 29.8 Å². The predicted octanol–water partition coefficient (Wildman–Crippen LogP) is 3.35. The average molecular weight is 238 g/mol. The third-order valence-corrected chi connectivity index (χ3v) is 3.92. The highest BCUT2D eigenvalue weighted by atomic mass is 32.2.